The van der Waals surface area contributed by atoms with E-state index in [-0.39, 0.29) is 12.4 Å². The van der Waals surface area contributed by atoms with E-state index < -0.39 is 19.4 Å². The van der Waals surface area contributed by atoms with Crippen LogP contribution in [0.25, 0.3) is 0 Å². The van der Waals surface area contributed by atoms with E-state index in [0.717, 1.165) is 0 Å². The van der Waals surface area contributed by atoms with E-state index in [0.29, 0.717) is 0 Å². The molecule has 0 aliphatic heterocycles. The molecule has 5 nitrogen and oxygen atoms in total. The fraction of sp³-hybridized carbons (Fsp3) is 0.750. The van der Waals surface area contributed by atoms with Crippen LogP contribution in [0.4, 0.5) is 0 Å². The molecule has 0 aliphatic rings. The van der Waals surface area contributed by atoms with Crippen LogP contribution in [-0.2, 0) is 23.4 Å². The summed E-state index contributed by atoms with van der Waals surface area (Å²) in [7, 11) is -2.67. The summed E-state index contributed by atoms with van der Waals surface area (Å²) in [6.45, 7) is 5.20. The molecule has 0 bridgehead atoms. The van der Waals surface area contributed by atoms with Crippen LogP contribution in [0, 0.1) is 0 Å². The van der Waals surface area contributed by atoms with Gasteiger partial charge in [0.05, 0.1) is 0 Å². The average molecular weight is 222 g/mol. The third kappa shape index (κ3) is 6.80. The molecule has 0 saturated heterocycles. The molecular weight excluding hydrogens is 207 g/mol. The Morgan fingerprint density at radius 1 is 1.36 bits per heavy atom. The minimum absolute atomic E-state index is 0.241. The first-order valence-electron chi connectivity index (χ1n) is 4.12. The zero-order chi connectivity index (χ0) is 11.4. The lowest BCUT2D eigenvalue weighted by molar-refractivity contribution is -0.155. The fourth-order valence-corrected chi connectivity index (χ4v) is 0.939. The Balaban J connectivity index is 3.89. The summed E-state index contributed by atoms with van der Waals surface area (Å²) in [6, 6.07) is 0. The summed E-state index contributed by atoms with van der Waals surface area (Å²) in [5.41, 5.74) is 0. The topological polar surface area (TPSA) is 69.7 Å². The first-order chi connectivity index (χ1) is 6.22. The summed E-state index contributed by atoms with van der Waals surface area (Å²) in [4.78, 5) is 21.7. The highest BCUT2D eigenvalue weighted by molar-refractivity contribution is 7.57. The van der Waals surface area contributed by atoms with Crippen LogP contribution in [0.3, 0.4) is 0 Å². The van der Waals surface area contributed by atoms with Gasteiger partial charge < -0.3 is 9.26 Å². The molecule has 0 saturated carbocycles. The molecule has 82 valence electrons. The van der Waals surface area contributed by atoms with Crippen LogP contribution in [0.5, 0.6) is 0 Å². The third-order valence-electron chi connectivity index (χ3n) is 1.37. The Kier molecular flexibility index (Phi) is 5.02. The van der Waals surface area contributed by atoms with Gasteiger partial charge in [0, 0.05) is 13.3 Å². The van der Waals surface area contributed by atoms with E-state index in [1.807, 2.05) is 0 Å². The van der Waals surface area contributed by atoms with Crippen molar-refractivity contribution in [2.45, 2.75) is 20.0 Å². The predicted molar refractivity (Wildman–Crippen MR) is 51.6 cm³/mol. The largest absolute Gasteiger partial charge is 0.453 e. The molecule has 0 N–H and O–H groups in total. The first kappa shape index (κ1) is 13.3. The average Bonchev–Trinajstić information content (AvgIpc) is 1.99. The number of rotatable bonds is 5. The number of carbonyl (C=O) groups excluding carboxylic acids is 2. The smallest absolute Gasteiger partial charge is 0.333 e. The standard InChI is InChI=1S/C8H15O5P/c1-6(9)7(2)13-8(10)5-12-14(3,4)11/h7H,5H2,1-4H3. The normalized spacial score (nSPS) is 13.4. The summed E-state index contributed by atoms with van der Waals surface area (Å²) in [5, 5.41) is 0. The van der Waals surface area contributed by atoms with Gasteiger partial charge in [-0.3, -0.25) is 9.36 Å². The van der Waals surface area contributed by atoms with Gasteiger partial charge in [0.25, 0.3) is 0 Å². The van der Waals surface area contributed by atoms with E-state index in [2.05, 4.69) is 4.74 Å². The van der Waals surface area contributed by atoms with Gasteiger partial charge in [-0.1, -0.05) is 0 Å². The number of ether oxygens (including phenoxy) is 1. The second-order valence-electron chi connectivity index (χ2n) is 3.27. The van der Waals surface area contributed by atoms with Crippen LogP contribution < -0.4 is 0 Å². The molecule has 6 heteroatoms. The highest BCUT2D eigenvalue weighted by Crippen LogP contribution is 2.36. The second kappa shape index (κ2) is 5.27. The predicted octanol–water partition coefficient (Wildman–Crippen LogP) is 1.06. The zero-order valence-corrected chi connectivity index (χ0v) is 9.67. The van der Waals surface area contributed by atoms with Crippen LogP contribution in [-0.4, -0.2) is 37.8 Å². The molecule has 0 spiro atoms. The number of carbonyl (C=O) groups is 2. The van der Waals surface area contributed by atoms with Gasteiger partial charge in [0.2, 0.25) is 0 Å². The molecule has 0 fully saturated rings. The minimum Gasteiger partial charge on any atom is -0.453 e. The Morgan fingerprint density at radius 2 is 1.86 bits per heavy atom. The van der Waals surface area contributed by atoms with Crippen molar-refractivity contribution in [2.24, 2.45) is 0 Å². The summed E-state index contributed by atoms with van der Waals surface area (Å²) in [6.07, 6.45) is -0.779. The number of Topliss-reactive ketones (excluding diaryl/α,β-unsaturated/α-hetero) is 1. The molecule has 0 aromatic rings. The van der Waals surface area contributed by atoms with Crippen molar-refractivity contribution in [3.05, 3.63) is 0 Å². The summed E-state index contributed by atoms with van der Waals surface area (Å²) < 4.78 is 20.5. The van der Waals surface area contributed by atoms with Crippen molar-refractivity contribution in [1.29, 1.82) is 0 Å². The molecule has 0 aliphatic carbocycles. The number of hydrogen-bond acceptors (Lipinski definition) is 5. The van der Waals surface area contributed by atoms with E-state index in [4.69, 9.17) is 4.52 Å². The molecule has 0 aromatic heterocycles. The Labute approximate surface area is 83.2 Å². The maximum absolute atomic E-state index is 11.0. The van der Waals surface area contributed by atoms with Gasteiger partial charge in [-0.05, 0) is 13.8 Å². The zero-order valence-electron chi connectivity index (χ0n) is 8.77. The molecule has 14 heavy (non-hydrogen) atoms. The van der Waals surface area contributed by atoms with Gasteiger partial charge >= 0.3 is 5.97 Å². The van der Waals surface area contributed by atoms with Gasteiger partial charge in [-0.2, -0.15) is 0 Å². The molecule has 0 rings (SSSR count). The molecular formula is C8H15O5P. The van der Waals surface area contributed by atoms with Crippen molar-refractivity contribution in [3.8, 4) is 0 Å². The van der Waals surface area contributed by atoms with E-state index >= 15 is 0 Å². The van der Waals surface area contributed by atoms with Crippen molar-refractivity contribution in [1.82, 2.24) is 0 Å². The van der Waals surface area contributed by atoms with Crippen molar-refractivity contribution in [2.75, 3.05) is 19.9 Å². The van der Waals surface area contributed by atoms with Crippen molar-refractivity contribution >= 4 is 19.1 Å². The lowest BCUT2D eigenvalue weighted by Gasteiger charge is -2.11. The molecule has 0 radical (unpaired) electrons. The Morgan fingerprint density at radius 3 is 2.21 bits per heavy atom. The second-order valence-corrected chi connectivity index (χ2v) is 6.03. The summed E-state index contributed by atoms with van der Waals surface area (Å²) in [5.74, 6) is -0.925. The molecule has 0 heterocycles. The fourth-order valence-electron chi connectivity index (χ4n) is 0.522. The van der Waals surface area contributed by atoms with Crippen LogP contribution >= 0.6 is 7.37 Å². The highest BCUT2D eigenvalue weighted by Gasteiger charge is 2.16. The minimum atomic E-state index is -2.67. The van der Waals surface area contributed by atoms with Crippen LogP contribution in [0.1, 0.15) is 13.8 Å². The molecule has 1 atom stereocenters. The SMILES string of the molecule is CC(=O)C(C)OC(=O)COP(C)(C)=O. The number of esters is 1. The number of hydrogen-bond donors (Lipinski definition) is 0. The summed E-state index contributed by atoms with van der Waals surface area (Å²) >= 11 is 0. The number of ketones is 1. The third-order valence-corrected chi connectivity index (χ3v) is 2.12. The van der Waals surface area contributed by atoms with Crippen molar-refractivity contribution in [3.63, 3.8) is 0 Å². The Bertz CT molecular complexity index is 267. The van der Waals surface area contributed by atoms with Crippen molar-refractivity contribution < 1.29 is 23.4 Å². The van der Waals surface area contributed by atoms with Gasteiger partial charge in [0.15, 0.2) is 25.9 Å². The lowest BCUT2D eigenvalue weighted by Crippen LogP contribution is -2.24. The molecule has 0 amide bonds. The van der Waals surface area contributed by atoms with Gasteiger partial charge in [-0.15, -0.1) is 0 Å². The lowest BCUT2D eigenvalue weighted by atomic mass is 10.3. The van der Waals surface area contributed by atoms with Gasteiger partial charge in [0.1, 0.15) is 0 Å². The van der Waals surface area contributed by atoms with Crippen LogP contribution in [0.15, 0.2) is 0 Å². The van der Waals surface area contributed by atoms with Crippen LogP contribution in [0.2, 0.25) is 0 Å². The Hall–Kier alpha value is -0.670. The molecule has 1 unspecified atom stereocenters. The maximum atomic E-state index is 11.0. The van der Waals surface area contributed by atoms with E-state index in [1.165, 1.54) is 27.2 Å². The van der Waals surface area contributed by atoms with E-state index in [9.17, 15) is 14.2 Å². The van der Waals surface area contributed by atoms with E-state index in [1.54, 1.807) is 0 Å². The molecule has 0 aromatic carbocycles. The van der Waals surface area contributed by atoms with Gasteiger partial charge in [-0.25, -0.2) is 4.79 Å². The highest BCUT2D eigenvalue weighted by atomic mass is 31.2. The monoisotopic (exact) mass is 222 g/mol. The maximum Gasteiger partial charge on any atom is 0.333 e. The quantitative estimate of drug-likeness (QED) is 0.514. The first-order valence-corrected chi connectivity index (χ1v) is 6.64.